The van der Waals surface area contributed by atoms with Gasteiger partial charge in [0.25, 0.3) is 0 Å². The van der Waals surface area contributed by atoms with Gasteiger partial charge in [-0.2, -0.15) is 13.2 Å². The molecule has 3 nitrogen and oxygen atoms in total. The molecule has 0 spiro atoms. The molecule has 1 aliphatic heterocycles. The number of nitrogens with zero attached hydrogens (tertiary/aromatic N) is 1. The summed E-state index contributed by atoms with van der Waals surface area (Å²) in [7, 11) is 1.37. The molecule has 0 aromatic heterocycles. The van der Waals surface area contributed by atoms with Gasteiger partial charge in [-0.15, -0.1) is 0 Å². The smallest absolute Gasteiger partial charge is 0.375 e. The van der Waals surface area contributed by atoms with Gasteiger partial charge in [-0.3, -0.25) is 4.79 Å². The number of carbonyl (C=O) groups excluding carboxylic acids is 1. The molecular formula is C9H12F3NO2. The van der Waals surface area contributed by atoms with E-state index in [0.29, 0.717) is 0 Å². The van der Waals surface area contributed by atoms with Crippen LogP contribution < -0.4 is 0 Å². The van der Waals surface area contributed by atoms with Crippen molar-refractivity contribution in [2.75, 3.05) is 26.8 Å². The molecule has 0 saturated heterocycles. The normalized spacial score (nSPS) is 17.6. The first-order valence-electron chi connectivity index (χ1n) is 4.48. The summed E-state index contributed by atoms with van der Waals surface area (Å²) >= 11 is 0. The second-order valence-electron chi connectivity index (χ2n) is 3.25. The van der Waals surface area contributed by atoms with Crippen molar-refractivity contribution >= 4 is 5.91 Å². The maximum Gasteiger partial charge on any atom is 0.412 e. The number of methoxy groups -OCH3 is 1. The Morgan fingerprint density at radius 3 is 2.67 bits per heavy atom. The topological polar surface area (TPSA) is 29.5 Å². The van der Waals surface area contributed by atoms with E-state index in [1.165, 1.54) is 12.0 Å². The van der Waals surface area contributed by atoms with Crippen LogP contribution in [0.5, 0.6) is 0 Å². The molecule has 1 rings (SSSR count). The summed E-state index contributed by atoms with van der Waals surface area (Å²) in [5.41, 5.74) is -0.552. The Morgan fingerprint density at radius 2 is 2.27 bits per heavy atom. The van der Waals surface area contributed by atoms with Crippen LogP contribution in [0.25, 0.3) is 0 Å². The minimum Gasteiger partial charge on any atom is -0.375 e. The van der Waals surface area contributed by atoms with Crippen LogP contribution in [0.1, 0.15) is 6.42 Å². The maximum absolute atomic E-state index is 12.2. The Kier molecular flexibility index (Phi) is 3.73. The van der Waals surface area contributed by atoms with E-state index in [0.717, 1.165) is 6.08 Å². The van der Waals surface area contributed by atoms with Crippen LogP contribution >= 0.6 is 0 Å². The summed E-state index contributed by atoms with van der Waals surface area (Å²) in [4.78, 5) is 12.6. The lowest BCUT2D eigenvalue weighted by atomic mass is 10.1. The van der Waals surface area contributed by atoms with Crippen molar-refractivity contribution in [3.8, 4) is 0 Å². The molecule has 6 heteroatoms. The number of halogens is 3. The van der Waals surface area contributed by atoms with Crippen molar-refractivity contribution < 1.29 is 22.7 Å². The minimum absolute atomic E-state index is 0.0109. The lowest BCUT2D eigenvalue weighted by Crippen LogP contribution is -2.38. The second kappa shape index (κ2) is 4.65. The highest BCUT2D eigenvalue weighted by molar-refractivity contribution is 5.77. The van der Waals surface area contributed by atoms with Crippen molar-refractivity contribution in [1.82, 2.24) is 4.90 Å². The summed E-state index contributed by atoms with van der Waals surface area (Å²) in [5, 5.41) is 0. The van der Waals surface area contributed by atoms with Gasteiger partial charge in [0, 0.05) is 25.8 Å². The molecule has 0 radical (unpaired) electrons. The van der Waals surface area contributed by atoms with Crippen LogP contribution in [0.15, 0.2) is 11.6 Å². The number of alkyl halides is 3. The Labute approximate surface area is 85.5 Å². The lowest BCUT2D eigenvalue weighted by molar-refractivity contribution is -0.136. The second-order valence-corrected chi connectivity index (χ2v) is 3.25. The zero-order chi connectivity index (χ0) is 11.5. The molecule has 0 saturated carbocycles. The molecule has 0 aromatic carbocycles. The van der Waals surface area contributed by atoms with Crippen LogP contribution in [-0.2, 0) is 9.53 Å². The van der Waals surface area contributed by atoms with Crippen molar-refractivity contribution in [3.63, 3.8) is 0 Å². The van der Waals surface area contributed by atoms with Gasteiger partial charge in [0.2, 0.25) is 5.91 Å². The molecule has 0 unspecified atom stereocenters. The third kappa shape index (κ3) is 3.23. The molecular weight excluding hydrogens is 211 g/mol. The van der Waals surface area contributed by atoms with E-state index >= 15 is 0 Å². The zero-order valence-electron chi connectivity index (χ0n) is 8.30. The number of rotatable bonds is 2. The van der Waals surface area contributed by atoms with Gasteiger partial charge in [-0.05, 0) is 6.42 Å². The highest BCUT2D eigenvalue weighted by Gasteiger charge is 2.35. The van der Waals surface area contributed by atoms with Crippen molar-refractivity contribution in [2.45, 2.75) is 12.6 Å². The van der Waals surface area contributed by atoms with E-state index < -0.39 is 11.7 Å². The van der Waals surface area contributed by atoms with Gasteiger partial charge < -0.3 is 9.64 Å². The first kappa shape index (κ1) is 12.0. The minimum atomic E-state index is -4.27. The Bertz CT molecular complexity index is 273. The van der Waals surface area contributed by atoms with E-state index in [1.807, 2.05) is 0 Å². The van der Waals surface area contributed by atoms with E-state index in [4.69, 9.17) is 0 Å². The van der Waals surface area contributed by atoms with Gasteiger partial charge in [0.05, 0.1) is 0 Å². The maximum atomic E-state index is 12.2. The molecule has 1 amide bonds. The molecule has 0 fully saturated rings. The van der Waals surface area contributed by atoms with E-state index in [-0.39, 0.29) is 32.0 Å². The third-order valence-corrected chi connectivity index (χ3v) is 2.19. The predicted octanol–water partition coefficient (Wildman–Crippen LogP) is 1.35. The summed E-state index contributed by atoms with van der Waals surface area (Å²) in [6.07, 6.45) is -3.35. The fourth-order valence-electron chi connectivity index (χ4n) is 1.37. The Balaban J connectivity index is 2.54. The molecule has 1 aliphatic rings. The number of carbonyl (C=O) groups is 1. The molecule has 0 aromatic rings. The monoisotopic (exact) mass is 223 g/mol. The van der Waals surface area contributed by atoms with Gasteiger partial charge in [-0.1, -0.05) is 6.08 Å². The van der Waals surface area contributed by atoms with Gasteiger partial charge in [0.1, 0.15) is 6.61 Å². The summed E-state index contributed by atoms with van der Waals surface area (Å²) in [6.45, 7) is 0.0275. The first-order chi connectivity index (χ1) is 6.95. The molecule has 0 atom stereocenters. The molecule has 86 valence electrons. The third-order valence-electron chi connectivity index (χ3n) is 2.19. The van der Waals surface area contributed by atoms with Crippen LogP contribution in [0.2, 0.25) is 0 Å². The number of hydrogen-bond acceptors (Lipinski definition) is 2. The predicted molar refractivity (Wildman–Crippen MR) is 47.2 cm³/mol. The SMILES string of the molecule is COCC(=O)N1CC=C(C(F)(F)F)CC1. The van der Waals surface area contributed by atoms with Crippen LogP contribution in [0.4, 0.5) is 13.2 Å². The van der Waals surface area contributed by atoms with Crippen molar-refractivity contribution in [2.24, 2.45) is 0 Å². The van der Waals surface area contributed by atoms with Crippen LogP contribution in [0, 0.1) is 0 Å². The highest BCUT2D eigenvalue weighted by atomic mass is 19.4. The largest absolute Gasteiger partial charge is 0.412 e. The van der Waals surface area contributed by atoms with Gasteiger partial charge >= 0.3 is 6.18 Å². The molecule has 0 N–H and O–H groups in total. The fourth-order valence-corrected chi connectivity index (χ4v) is 1.37. The lowest BCUT2D eigenvalue weighted by Gasteiger charge is -2.27. The zero-order valence-corrected chi connectivity index (χ0v) is 8.30. The quantitative estimate of drug-likeness (QED) is 0.661. The van der Waals surface area contributed by atoms with Crippen LogP contribution in [0.3, 0.4) is 0 Å². The van der Waals surface area contributed by atoms with Gasteiger partial charge in [0.15, 0.2) is 0 Å². The molecule has 0 bridgehead atoms. The van der Waals surface area contributed by atoms with Crippen molar-refractivity contribution in [1.29, 1.82) is 0 Å². The summed E-state index contributed by atoms with van der Waals surface area (Å²) in [5.74, 6) is -0.282. The molecule has 15 heavy (non-hydrogen) atoms. The standard InChI is InChI=1S/C9H12F3NO2/c1-15-6-8(14)13-4-2-7(3-5-13)9(10,11)12/h2H,3-6H2,1H3. The molecule has 0 aliphatic carbocycles. The van der Waals surface area contributed by atoms with Crippen LogP contribution in [-0.4, -0.2) is 43.8 Å². The van der Waals surface area contributed by atoms with E-state index in [1.54, 1.807) is 0 Å². The van der Waals surface area contributed by atoms with E-state index in [2.05, 4.69) is 4.74 Å². The first-order valence-corrected chi connectivity index (χ1v) is 4.48. The summed E-state index contributed by atoms with van der Waals surface area (Å²) < 4.78 is 41.3. The highest BCUT2D eigenvalue weighted by Crippen LogP contribution is 2.29. The summed E-state index contributed by atoms with van der Waals surface area (Å²) in [6, 6.07) is 0. The number of ether oxygens (including phenoxy) is 1. The van der Waals surface area contributed by atoms with E-state index in [9.17, 15) is 18.0 Å². The number of amides is 1. The Morgan fingerprint density at radius 1 is 1.60 bits per heavy atom. The fraction of sp³-hybridized carbons (Fsp3) is 0.667. The van der Waals surface area contributed by atoms with Gasteiger partial charge in [-0.25, -0.2) is 0 Å². The molecule has 1 heterocycles. The average molecular weight is 223 g/mol. The van der Waals surface area contributed by atoms with Crippen molar-refractivity contribution in [3.05, 3.63) is 11.6 Å². The average Bonchev–Trinajstić information content (AvgIpc) is 2.17. The Hall–Kier alpha value is -1.04. The number of hydrogen-bond donors (Lipinski definition) is 0.